The van der Waals surface area contributed by atoms with Crippen LogP contribution in [0.15, 0.2) is 12.3 Å². The van der Waals surface area contributed by atoms with E-state index in [1.165, 1.54) is 12.1 Å². The van der Waals surface area contributed by atoms with Gasteiger partial charge in [-0.2, -0.15) is 0 Å². The third kappa shape index (κ3) is 3.77. The number of rotatable bonds is 3. The summed E-state index contributed by atoms with van der Waals surface area (Å²) in [4.78, 5) is 7.55. The Hall–Kier alpha value is -1.05. The average Bonchev–Trinajstić information content (AvgIpc) is 2.49. The molecule has 0 aliphatic rings. The van der Waals surface area contributed by atoms with Crippen molar-refractivity contribution < 1.29 is 0 Å². The SMILES string of the molecule is C/C=C\c1ncc(CCC(C)(C)C)[nH]1. The van der Waals surface area contributed by atoms with Crippen molar-refractivity contribution in [2.75, 3.05) is 0 Å². The Balaban J connectivity index is 2.52. The van der Waals surface area contributed by atoms with Gasteiger partial charge in [-0.25, -0.2) is 4.98 Å². The van der Waals surface area contributed by atoms with E-state index in [2.05, 4.69) is 30.7 Å². The van der Waals surface area contributed by atoms with E-state index in [1.807, 2.05) is 25.3 Å². The molecule has 1 heterocycles. The number of imidazole rings is 1. The highest BCUT2D eigenvalue weighted by Crippen LogP contribution is 2.20. The minimum absolute atomic E-state index is 0.395. The third-order valence-corrected chi connectivity index (χ3v) is 2.12. The molecule has 0 saturated carbocycles. The maximum absolute atomic E-state index is 4.26. The molecule has 0 aliphatic heterocycles. The van der Waals surface area contributed by atoms with Crippen LogP contribution in [-0.4, -0.2) is 9.97 Å². The molecular formula is C12H20N2. The Morgan fingerprint density at radius 1 is 1.43 bits per heavy atom. The highest BCUT2D eigenvalue weighted by Gasteiger charge is 2.10. The monoisotopic (exact) mass is 192 g/mol. The molecule has 2 nitrogen and oxygen atoms in total. The summed E-state index contributed by atoms with van der Waals surface area (Å²) < 4.78 is 0. The number of hydrogen-bond donors (Lipinski definition) is 1. The van der Waals surface area contributed by atoms with Gasteiger partial charge in [0.1, 0.15) is 5.82 Å². The van der Waals surface area contributed by atoms with Gasteiger partial charge in [-0.1, -0.05) is 26.8 Å². The normalized spacial score (nSPS) is 12.6. The summed E-state index contributed by atoms with van der Waals surface area (Å²) in [6, 6.07) is 0. The standard InChI is InChI=1S/C12H20N2/c1-5-6-11-13-9-10(14-11)7-8-12(2,3)4/h5-6,9H,7-8H2,1-4H3,(H,13,14)/b6-5-. The molecule has 2 heteroatoms. The number of allylic oxidation sites excluding steroid dienone is 1. The van der Waals surface area contributed by atoms with E-state index in [-0.39, 0.29) is 0 Å². The van der Waals surface area contributed by atoms with Crippen LogP contribution in [0.5, 0.6) is 0 Å². The lowest BCUT2D eigenvalue weighted by atomic mass is 9.90. The number of nitrogens with one attached hydrogen (secondary N) is 1. The molecule has 0 spiro atoms. The summed E-state index contributed by atoms with van der Waals surface area (Å²) >= 11 is 0. The molecule has 0 saturated heterocycles. The van der Waals surface area contributed by atoms with Gasteiger partial charge in [0.25, 0.3) is 0 Å². The fraction of sp³-hybridized carbons (Fsp3) is 0.583. The summed E-state index contributed by atoms with van der Waals surface area (Å²) in [5, 5.41) is 0. The molecular weight excluding hydrogens is 172 g/mol. The van der Waals surface area contributed by atoms with Crippen LogP contribution < -0.4 is 0 Å². The van der Waals surface area contributed by atoms with Crippen molar-refractivity contribution in [1.29, 1.82) is 0 Å². The second-order valence-corrected chi connectivity index (χ2v) is 4.85. The van der Waals surface area contributed by atoms with Crippen LogP contribution in [-0.2, 0) is 6.42 Å². The number of aromatic amines is 1. The number of aryl methyl sites for hydroxylation is 1. The van der Waals surface area contributed by atoms with Crippen molar-refractivity contribution in [1.82, 2.24) is 9.97 Å². The maximum atomic E-state index is 4.26. The highest BCUT2D eigenvalue weighted by molar-refractivity contribution is 5.39. The largest absolute Gasteiger partial charge is 0.342 e. The van der Waals surface area contributed by atoms with Gasteiger partial charge < -0.3 is 4.98 Å². The second-order valence-electron chi connectivity index (χ2n) is 4.85. The fourth-order valence-corrected chi connectivity index (χ4v) is 1.26. The van der Waals surface area contributed by atoms with Crippen molar-refractivity contribution in [2.24, 2.45) is 5.41 Å². The van der Waals surface area contributed by atoms with Crippen molar-refractivity contribution in [2.45, 2.75) is 40.5 Å². The Morgan fingerprint density at radius 3 is 2.71 bits per heavy atom. The Labute approximate surface area is 86.5 Å². The quantitative estimate of drug-likeness (QED) is 0.781. The van der Waals surface area contributed by atoms with Gasteiger partial charge in [0.05, 0.1) is 0 Å². The minimum Gasteiger partial charge on any atom is -0.342 e. The van der Waals surface area contributed by atoms with E-state index < -0.39 is 0 Å². The van der Waals surface area contributed by atoms with E-state index in [0.717, 1.165) is 12.2 Å². The first-order valence-electron chi connectivity index (χ1n) is 5.18. The molecule has 0 aromatic carbocycles. The molecule has 0 amide bonds. The molecule has 0 radical (unpaired) electrons. The zero-order chi connectivity index (χ0) is 10.6. The maximum Gasteiger partial charge on any atom is 0.129 e. The molecule has 78 valence electrons. The molecule has 1 rings (SSSR count). The highest BCUT2D eigenvalue weighted by atomic mass is 14.9. The topological polar surface area (TPSA) is 28.7 Å². The zero-order valence-corrected chi connectivity index (χ0v) is 9.59. The Morgan fingerprint density at radius 2 is 2.14 bits per heavy atom. The summed E-state index contributed by atoms with van der Waals surface area (Å²) in [6.45, 7) is 8.78. The summed E-state index contributed by atoms with van der Waals surface area (Å²) in [5.74, 6) is 0.955. The smallest absolute Gasteiger partial charge is 0.129 e. The van der Waals surface area contributed by atoms with Gasteiger partial charge in [0, 0.05) is 11.9 Å². The second kappa shape index (κ2) is 4.45. The predicted molar refractivity (Wildman–Crippen MR) is 61.1 cm³/mol. The van der Waals surface area contributed by atoms with E-state index in [1.54, 1.807) is 0 Å². The lowest BCUT2D eigenvalue weighted by Crippen LogP contribution is -2.06. The van der Waals surface area contributed by atoms with Crippen LogP contribution in [0.3, 0.4) is 0 Å². The summed E-state index contributed by atoms with van der Waals surface area (Å²) in [6.07, 6.45) is 8.17. The number of H-pyrrole nitrogens is 1. The van der Waals surface area contributed by atoms with E-state index in [9.17, 15) is 0 Å². The lowest BCUT2D eigenvalue weighted by molar-refractivity contribution is 0.376. The van der Waals surface area contributed by atoms with Crippen molar-refractivity contribution in [3.05, 3.63) is 23.8 Å². The molecule has 1 aromatic heterocycles. The number of hydrogen-bond acceptors (Lipinski definition) is 1. The molecule has 0 bridgehead atoms. The van der Waals surface area contributed by atoms with Crippen molar-refractivity contribution in [3.8, 4) is 0 Å². The predicted octanol–water partition coefficient (Wildman–Crippen LogP) is 3.42. The van der Waals surface area contributed by atoms with Gasteiger partial charge in [0.15, 0.2) is 0 Å². The summed E-state index contributed by atoms with van der Waals surface area (Å²) in [7, 11) is 0. The van der Waals surface area contributed by atoms with E-state index in [4.69, 9.17) is 0 Å². The minimum atomic E-state index is 0.395. The van der Waals surface area contributed by atoms with Gasteiger partial charge in [-0.3, -0.25) is 0 Å². The Kier molecular flexibility index (Phi) is 3.50. The zero-order valence-electron chi connectivity index (χ0n) is 9.59. The lowest BCUT2D eigenvalue weighted by Gasteiger charge is -2.16. The Bertz CT molecular complexity index is 302. The molecule has 1 N–H and O–H groups in total. The van der Waals surface area contributed by atoms with E-state index >= 15 is 0 Å². The molecule has 0 aliphatic carbocycles. The number of nitrogens with zero attached hydrogens (tertiary/aromatic N) is 1. The molecule has 0 fully saturated rings. The first-order chi connectivity index (χ1) is 6.51. The fourth-order valence-electron chi connectivity index (χ4n) is 1.26. The van der Waals surface area contributed by atoms with Gasteiger partial charge in [0.2, 0.25) is 0 Å². The van der Waals surface area contributed by atoms with Crippen LogP contribution >= 0.6 is 0 Å². The first-order valence-corrected chi connectivity index (χ1v) is 5.18. The van der Waals surface area contributed by atoms with Gasteiger partial charge >= 0.3 is 0 Å². The first kappa shape index (κ1) is 11.0. The third-order valence-electron chi connectivity index (χ3n) is 2.12. The average molecular weight is 192 g/mol. The van der Waals surface area contributed by atoms with Crippen LogP contribution in [0.4, 0.5) is 0 Å². The van der Waals surface area contributed by atoms with Crippen LogP contribution in [0, 0.1) is 5.41 Å². The molecule has 1 aromatic rings. The van der Waals surface area contributed by atoms with Gasteiger partial charge in [-0.05, 0) is 31.3 Å². The van der Waals surface area contributed by atoms with Crippen molar-refractivity contribution in [3.63, 3.8) is 0 Å². The molecule has 14 heavy (non-hydrogen) atoms. The van der Waals surface area contributed by atoms with Crippen LogP contribution in [0.1, 0.15) is 45.6 Å². The molecule has 0 unspecified atom stereocenters. The van der Waals surface area contributed by atoms with E-state index in [0.29, 0.717) is 5.41 Å². The van der Waals surface area contributed by atoms with Crippen molar-refractivity contribution >= 4 is 6.08 Å². The van der Waals surface area contributed by atoms with Gasteiger partial charge in [-0.15, -0.1) is 0 Å². The van der Waals surface area contributed by atoms with Crippen LogP contribution in [0.2, 0.25) is 0 Å². The molecule has 0 atom stereocenters. The van der Waals surface area contributed by atoms with Crippen LogP contribution in [0.25, 0.3) is 6.08 Å². The number of aromatic nitrogens is 2. The summed E-state index contributed by atoms with van der Waals surface area (Å²) in [5.41, 5.74) is 1.62.